The number of thiocarbonyl (C=S) groups is 1. The molecule has 1 aromatic rings. The maximum atomic E-state index is 5.37. The van der Waals surface area contributed by atoms with Gasteiger partial charge in [-0.1, -0.05) is 6.07 Å². The summed E-state index contributed by atoms with van der Waals surface area (Å²) in [6.45, 7) is 3.67. The lowest BCUT2D eigenvalue weighted by Gasteiger charge is -2.11. The van der Waals surface area contributed by atoms with E-state index in [1.54, 1.807) is 7.11 Å². The van der Waals surface area contributed by atoms with E-state index < -0.39 is 0 Å². The van der Waals surface area contributed by atoms with Crippen LogP contribution < -0.4 is 20.1 Å². The van der Waals surface area contributed by atoms with Gasteiger partial charge in [-0.05, 0) is 36.3 Å². The molecule has 0 atom stereocenters. The molecule has 7 heteroatoms. The minimum absolute atomic E-state index is 0.290. The monoisotopic (exact) mass is 326 g/mol. The van der Waals surface area contributed by atoms with Crippen molar-refractivity contribution >= 4 is 17.3 Å². The van der Waals surface area contributed by atoms with Crippen LogP contribution in [0.5, 0.6) is 11.5 Å². The molecule has 0 saturated heterocycles. The fraction of sp³-hybridized carbons (Fsp3) is 0.533. The van der Waals surface area contributed by atoms with Crippen LogP contribution in [0.4, 0.5) is 0 Å². The molecule has 1 aliphatic rings. The van der Waals surface area contributed by atoms with Crippen molar-refractivity contribution in [1.29, 1.82) is 0 Å². The molecule has 1 heterocycles. The third kappa shape index (κ3) is 5.67. The molecule has 0 radical (unpaired) electrons. The lowest BCUT2D eigenvalue weighted by molar-refractivity contribution is 0.0699. The molecule has 0 amide bonds. The van der Waals surface area contributed by atoms with E-state index in [9.17, 15) is 0 Å². The zero-order chi connectivity index (χ0) is 15.6. The Morgan fingerprint density at radius 2 is 2.05 bits per heavy atom. The number of hydrogen-bond donors (Lipinski definition) is 2. The van der Waals surface area contributed by atoms with Gasteiger partial charge in [-0.2, -0.15) is 0 Å². The largest absolute Gasteiger partial charge is 0.454 e. The lowest BCUT2D eigenvalue weighted by atomic mass is 10.2. The minimum atomic E-state index is 0.290. The van der Waals surface area contributed by atoms with Gasteiger partial charge in [0.25, 0.3) is 0 Å². The Balaban J connectivity index is 1.56. The average Bonchev–Trinajstić information content (AvgIpc) is 2.99. The maximum Gasteiger partial charge on any atom is 0.231 e. The van der Waals surface area contributed by atoms with Crippen LogP contribution in [-0.2, 0) is 16.0 Å². The molecule has 1 aliphatic heterocycles. The SMILES string of the molecule is COCCOCCCNC(=S)NCc1ccc2c(c1)OCO2. The first-order chi connectivity index (χ1) is 10.8. The summed E-state index contributed by atoms with van der Waals surface area (Å²) in [5, 5.41) is 6.95. The van der Waals surface area contributed by atoms with Crippen LogP contribution in [0.2, 0.25) is 0 Å². The molecular formula is C15H22N2O4S. The summed E-state index contributed by atoms with van der Waals surface area (Å²) in [6.07, 6.45) is 0.898. The van der Waals surface area contributed by atoms with Crippen molar-refractivity contribution < 1.29 is 18.9 Å². The van der Waals surface area contributed by atoms with Gasteiger partial charge in [0.2, 0.25) is 6.79 Å². The quantitative estimate of drug-likeness (QED) is 0.526. The number of nitrogens with one attached hydrogen (secondary N) is 2. The van der Waals surface area contributed by atoms with Crippen LogP contribution >= 0.6 is 12.2 Å². The normalized spacial score (nSPS) is 12.2. The van der Waals surface area contributed by atoms with Crippen LogP contribution in [0, 0.1) is 0 Å². The summed E-state index contributed by atoms with van der Waals surface area (Å²) in [7, 11) is 1.66. The minimum Gasteiger partial charge on any atom is -0.454 e. The van der Waals surface area contributed by atoms with Crippen LogP contribution in [0.3, 0.4) is 0 Å². The Morgan fingerprint density at radius 3 is 2.91 bits per heavy atom. The predicted octanol–water partition coefficient (Wildman–Crippen LogP) is 1.43. The van der Waals surface area contributed by atoms with Crippen LogP contribution in [0.1, 0.15) is 12.0 Å². The topological polar surface area (TPSA) is 61.0 Å². The van der Waals surface area contributed by atoms with Crippen molar-refractivity contribution in [2.24, 2.45) is 0 Å². The molecule has 0 fully saturated rings. The van der Waals surface area contributed by atoms with E-state index in [0.29, 0.717) is 38.3 Å². The van der Waals surface area contributed by atoms with Gasteiger partial charge in [0.15, 0.2) is 16.6 Å². The molecule has 0 spiro atoms. The molecule has 22 heavy (non-hydrogen) atoms. The lowest BCUT2D eigenvalue weighted by Crippen LogP contribution is -2.35. The number of rotatable bonds is 9. The van der Waals surface area contributed by atoms with Gasteiger partial charge in [-0.25, -0.2) is 0 Å². The third-order valence-electron chi connectivity index (χ3n) is 3.07. The first-order valence-electron chi connectivity index (χ1n) is 7.26. The Hall–Kier alpha value is -1.57. The van der Waals surface area contributed by atoms with Gasteiger partial charge < -0.3 is 29.6 Å². The van der Waals surface area contributed by atoms with Crippen LogP contribution in [0.25, 0.3) is 0 Å². The van der Waals surface area contributed by atoms with Gasteiger partial charge in [0, 0.05) is 26.8 Å². The average molecular weight is 326 g/mol. The molecule has 0 unspecified atom stereocenters. The highest BCUT2D eigenvalue weighted by Crippen LogP contribution is 2.32. The third-order valence-corrected chi connectivity index (χ3v) is 3.36. The van der Waals surface area contributed by atoms with E-state index in [1.807, 2.05) is 18.2 Å². The van der Waals surface area contributed by atoms with E-state index in [0.717, 1.165) is 30.0 Å². The number of fused-ring (bicyclic) bond motifs is 1. The molecule has 2 N–H and O–H groups in total. The van der Waals surface area contributed by atoms with Crippen LogP contribution in [0.15, 0.2) is 18.2 Å². The Kier molecular flexibility index (Phi) is 7.21. The van der Waals surface area contributed by atoms with Gasteiger partial charge in [-0.15, -0.1) is 0 Å². The Morgan fingerprint density at radius 1 is 1.18 bits per heavy atom. The Bertz CT molecular complexity index is 485. The van der Waals surface area contributed by atoms with Gasteiger partial charge in [-0.3, -0.25) is 0 Å². The predicted molar refractivity (Wildman–Crippen MR) is 87.3 cm³/mol. The smallest absolute Gasteiger partial charge is 0.231 e. The number of methoxy groups -OCH3 is 1. The summed E-state index contributed by atoms with van der Waals surface area (Å²) in [5.41, 5.74) is 1.09. The molecule has 122 valence electrons. The van der Waals surface area contributed by atoms with Gasteiger partial charge in [0.05, 0.1) is 13.2 Å². The maximum absolute atomic E-state index is 5.37. The van der Waals surface area contributed by atoms with E-state index >= 15 is 0 Å². The molecule has 0 aliphatic carbocycles. The number of hydrogen-bond acceptors (Lipinski definition) is 5. The molecule has 0 bridgehead atoms. The highest BCUT2D eigenvalue weighted by molar-refractivity contribution is 7.80. The summed E-state index contributed by atoms with van der Waals surface area (Å²) in [6, 6.07) is 5.86. The second-order valence-electron chi connectivity index (χ2n) is 4.76. The van der Waals surface area contributed by atoms with E-state index in [2.05, 4.69) is 10.6 Å². The zero-order valence-corrected chi connectivity index (χ0v) is 13.5. The van der Waals surface area contributed by atoms with E-state index in [4.69, 9.17) is 31.2 Å². The number of ether oxygens (including phenoxy) is 4. The highest BCUT2D eigenvalue weighted by Gasteiger charge is 2.12. The molecule has 2 rings (SSSR count). The molecule has 0 saturated carbocycles. The molecule has 6 nitrogen and oxygen atoms in total. The fourth-order valence-corrected chi connectivity index (χ4v) is 2.09. The van der Waals surface area contributed by atoms with Gasteiger partial charge >= 0.3 is 0 Å². The molecule has 0 aromatic heterocycles. The standard InChI is InChI=1S/C15H22N2O4S/c1-18-7-8-19-6-2-5-16-15(22)17-10-12-3-4-13-14(9-12)21-11-20-13/h3-4,9H,2,5-8,10-11H2,1H3,(H2,16,17,22). The van der Waals surface area contributed by atoms with Crippen molar-refractivity contribution in [3.8, 4) is 11.5 Å². The zero-order valence-electron chi connectivity index (χ0n) is 12.7. The van der Waals surface area contributed by atoms with E-state index in [-0.39, 0.29) is 0 Å². The van der Waals surface area contributed by atoms with Crippen molar-refractivity contribution in [3.63, 3.8) is 0 Å². The molecule has 1 aromatic carbocycles. The van der Waals surface area contributed by atoms with Crippen molar-refractivity contribution in [2.45, 2.75) is 13.0 Å². The highest BCUT2D eigenvalue weighted by atomic mass is 32.1. The fourth-order valence-electron chi connectivity index (χ4n) is 1.92. The second-order valence-corrected chi connectivity index (χ2v) is 5.16. The number of benzene rings is 1. The Labute approximate surface area is 136 Å². The summed E-state index contributed by atoms with van der Waals surface area (Å²) in [5.74, 6) is 1.57. The van der Waals surface area contributed by atoms with Crippen molar-refractivity contribution in [1.82, 2.24) is 10.6 Å². The summed E-state index contributed by atoms with van der Waals surface area (Å²) < 4.78 is 20.9. The van der Waals surface area contributed by atoms with E-state index in [1.165, 1.54) is 0 Å². The summed E-state index contributed by atoms with van der Waals surface area (Å²) >= 11 is 5.23. The van der Waals surface area contributed by atoms with Crippen LogP contribution in [-0.4, -0.2) is 45.4 Å². The first-order valence-corrected chi connectivity index (χ1v) is 7.67. The van der Waals surface area contributed by atoms with Crippen molar-refractivity contribution in [3.05, 3.63) is 23.8 Å². The first kappa shape index (κ1) is 16.8. The second kappa shape index (κ2) is 9.45. The van der Waals surface area contributed by atoms with Crippen molar-refractivity contribution in [2.75, 3.05) is 40.3 Å². The summed E-state index contributed by atoms with van der Waals surface area (Å²) in [4.78, 5) is 0. The molecular weight excluding hydrogens is 304 g/mol. The van der Waals surface area contributed by atoms with Gasteiger partial charge in [0.1, 0.15) is 0 Å².